The van der Waals surface area contributed by atoms with E-state index in [1.165, 1.54) is 23.8 Å². The quantitative estimate of drug-likeness (QED) is 0.773. The number of methoxy groups -OCH3 is 2. The largest absolute Gasteiger partial charge is 0.493 e. The van der Waals surface area contributed by atoms with Gasteiger partial charge in [0.25, 0.3) is 0 Å². The lowest BCUT2D eigenvalue weighted by Crippen LogP contribution is -2.46. The molecule has 2 amide bonds. The summed E-state index contributed by atoms with van der Waals surface area (Å²) in [5.41, 5.74) is 1.69. The number of carbonyl (C=O) groups excluding carboxylic acids is 2. The van der Waals surface area contributed by atoms with E-state index in [9.17, 15) is 19.5 Å². The van der Waals surface area contributed by atoms with Gasteiger partial charge in [-0.15, -0.1) is 11.8 Å². The summed E-state index contributed by atoms with van der Waals surface area (Å²) in [5.74, 6) is 0.643. The average molecular weight is 394 g/mol. The Morgan fingerprint density at radius 2 is 1.96 bits per heavy atom. The molecule has 0 radical (unpaired) electrons. The van der Waals surface area contributed by atoms with Crippen LogP contribution in [0.2, 0.25) is 0 Å². The van der Waals surface area contributed by atoms with Crippen molar-refractivity contribution < 1.29 is 29.0 Å². The fourth-order valence-corrected chi connectivity index (χ4v) is 4.41. The van der Waals surface area contributed by atoms with Crippen molar-refractivity contribution in [1.82, 2.24) is 9.80 Å². The second kappa shape index (κ2) is 8.08. The summed E-state index contributed by atoms with van der Waals surface area (Å²) in [6.45, 7) is 0.374. The van der Waals surface area contributed by atoms with Crippen molar-refractivity contribution in [1.29, 1.82) is 0 Å². The number of fused-ring (bicyclic) bond motifs is 1. The molecule has 2 aliphatic rings. The summed E-state index contributed by atoms with van der Waals surface area (Å²) < 4.78 is 10.7. The summed E-state index contributed by atoms with van der Waals surface area (Å²) in [7, 11) is 3.06. The predicted octanol–water partition coefficient (Wildman–Crippen LogP) is 1.14. The zero-order valence-corrected chi connectivity index (χ0v) is 16.1. The topological polar surface area (TPSA) is 96.4 Å². The van der Waals surface area contributed by atoms with Gasteiger partial charge in [0.1, 0.15) is 6.54 Å². The maximum Gasteiger partial charge on any atom is 0.305 e. The Balaban J connectivity index is 1.90. The third-order valence-corrected chi connectivity index (χ3v) is 5.79. The fourth-order valence-electron chi connectivity index (χ4n) is 3.51. The second-order valence-electron chi connectivity index (χ2n) is 6.43. The van der Waals surface area contributed by atoms with Gasteiger partial charge in [-0.25, -0.2) is 0 Å². The van der Waals surface area contributed by atoms with Crippen LogP contribution >= 0.6 is 11.8 Å². The SMILES string of the molecule is COc1cc2c(cc1OC)C(CC(=O)O)N(C(=O)CN1CSCC1=O)CC2. The van der Waals surface area contributed by atoms with Gasteiger partial charge in [-0.2, -0.15) is 0 Å². The molecule has 2 heterocycles. The van der Waals surface area contributed by atoms with Crippen molar-refractivity contribution in [3.05, 3.63) is 23.3 Å². The number of hydrogen-bond donors (Lipinski definition) is 1. The Bertz CT molecular complexity index is 768. The molecule has 1 aromatic carbocycles. The number of hydrogen-bond acceptors (Lipinski definition) is 6. The van der Waals surface area contributed by atoms with Gasteiger partial charge in [0.05, 0.1) is 38.3 Å². The zero-order valence-electron chi connectivity index (χ0n) is 15.3. The number of thioether (sulfide) groups is 1. The normalized spacial score (nSPS) is 19.0. The number of aliphatic carboxylic acids is 1. The molecule has 1 atom stereocenters. The minimum atomic E-state index is -0.992. The Kier molecular flexibility index (Phi) is 5.79. The van der Waals surface area contributed by atoms with Gasteiger partial charge in [0, 0.05) is 6.54 Å². The molecule has 0 spiro atoms. The zero-order chi connectivity index (χ0) is 19.6. The number of carboxylic acids is 1. The highest BCUT2D eigenvalue weighted by Crippen LogP contribution is 2.39. The molecule has 146 valence electrons. The van der Waals surface area contributed by atoms with Crippen LogP contribution in [-0.4, -0.2) is 71.6 Å². The van der Waals surface area contributed by atoms with Crippen LogP contribution in [0.15, 0.2) is 12.1 Å². The molecule has 1 saturated heterocycles. The van der Waals surface area contributed by atoms with Gasteiger partial charge < -0.3 is 24.4 Å². The fraction of sp³-hybridized carbons (Fsp3) is 0.500. The maximum absolute atomic E-state index is 12.9. The van der Waals surface area contributed by atoms with Crippen molar-refractivity contribution in [2.45, 2.75) is 18.9 Å². The maximum atomic E-state index is 12.9. The van der Waals surface area contributed by atoms with E-state index in [1.807, 2.05) is 6.07 Å². The molecule has 3 rings (SSSR count). The predicted molar refractivity (Wildman–Crippen MR) is 99.0 cm³/mol. The first-order chi connectivity index (χ1) is 12.9. The Labute approximate surface area is 161 Å². The van der Waals surface area contributed by atoms with E-state index in [0.717, 1.165) is 11.1 Å². The van der Waals surface area contributed by atoms with Crippen molar-refractivity contribution in [3.63, 3.8) is 0 Å². The summed E-state index contributed by atoms with van der Waals surface area (Å²) in [6, 6.07) is 2.98. The molecule has 0 saturated carbocycles. The molecule has 8 nitrogen and oxygen atoms in total. The molecule has 1 unspecified atom stereocenters. The van der Waals surface area contributed by atoms with Crippen LogP contribution in [0.1, 0.15) is 23.6 Å². The van der Waals surface area contributed by atoms with Crippen LogP contribution in [0, 0.1) is 0 Å². The Hall–Kier alpha value is -2.42. The molecule has 1 fully saturated rings. The molecule has 0 aromatic heterocycles. The van der Waals surface area contributed by atoms with Crippen molar-refractivity contribution >= 4 is 29.5 Å². The third kappa shape index (κ3) is 3.97. The van der Waals surface area contributed by atoms with Crippen LogP contribution in [0.4, 0.5) is 0 Å². The minimum absolute atomic E-state index is 0.0232. The van der Waals surface area contributed by atoms with E-state index in [2.05, 4.69) is 0 Å². The number of carboxylic acid groups (broad SMARTS) is 1. The third-order valence-electron chi connectivity index (χ3n) is 4.84. The van der Waals surface area contributed by atoms with Crippen LogP contribution in [0.5, 0.6) is 11.5 Å². The first-order valence-corrected chi connectivity index (χ1v) is 9.71. The molecule has 27 heavy (non-hydrogen) atoms. The van der Waals surface area contributed by atoms with E-state index < -0.39 is 12.0 Å². The summed E-state index contributed by atoms with van der Waals surface area (Å²) in [5, 5.41) is 9.38. The van der Waals surface area contributed by atoms with E-state index in [-0.39, 0.29) is 24.8 Å². The van der Waals surface area contributed by atoms with Crippen LogP contribution in [0.25, 0.3) is 0 Å². The molecule has 9 heteroatoms. The van der Waals surface area contributed by atoms with Crippen molar-refractivity contribution in [3.8, 4) is 11.5 Å². The lowest BCUT2D eigenvalue weighted by Gasteiger charge is -2.37. The molecule has 2 aliphatic heterocycles. The number of amides is 2. The molecular weight excluding hydrogens is 372 g/mol. The first kappa shape index (κ1) is 19.3. The molecular formula is C18H22N2O6S. The average Bonchev–Trinajstić information content (AvgIpc) is 3.04. The van der Waals surface area contributed by atoms with E-state index in [0.29, 0.717) is 36.1 Å². The highest BCUT2D eigenvalue weighted by atomic mass is 32.2. The molecule has 0 aliphatic carbocycles. The van der Waals surface area contributed by atoms with Gasteiger partial charge >= 0.3 is 5.97 Å². The lowest BCUT2D eigenvalue weighted by atomic mass is 9.90. The second-order valence-corrected chi connectivity index (χ2v) is 7.38. The van der Waals surface area contributed by atoms with Crippen LogP contribution in [0.3, 0.4) is 0 Å². The monoisotopic (exact) mass is 394 g/mol. The molecule has 1 N–H and O–H groups in total. The van der Waals surface area contributed by atoms with Gasteiger partial charge in [-0.05, 0) is 29.7 Å². The molecule has 1 aromatic rings. The highest BCUT2D eigenvalue weighted by Gasteiger charge is 2.35. The number of benzene rings is 1. The van der Waals surface area contributed by atoms with Gasteiger partial charge in [0.15, 0.2) is 11.5 Å². The summed E-state index contributed by atoms with van der Waals surface area (Å²) >= 11 is 1.47. The number of carbonyl (C=O) groups is 3. The Morgan fingerprint density at radius 1 is 1.26 bits per heavy atom. The van der Waals surface area contributed by atoms with Gasteiger partial charge in [0.2, 0.25) is 11.8 Å². The summed E-state index contributed by atoms with van der Waals surface area (Å²) in [4.78, 5) is 39.2. The minimum Gasteiger partial charge on any atom is -0.493 e. The lowest BCUT2D eigenvalue weighted by molar-refractivity contribution is -0.144. The molecule has 0 bridgehead atoms. The first-order valence-electron chi connectivity index (χ1n) is 8.56. The van der Waals surface area contributed by atoms with Crippen molar-refractivity contribution in [2.24, 2.45) is 0 Å². The van der Waals surface area contributed by atoms with Crippen molar-refractivity contribution in [2.75, 3.05) is 38.9 Å². The number of ether oxygens (including phenoxy) is 2. The van der Waals surface area contributed by atoms with E-state index in [1.54, 1.807) is 18.1 Å². The number of nitrogens with zero attached hydrogens (tertiary/aromatic N) is 2. The van der Waals surface area contributed by atoms with Gasteiger partial charge in [-0.3, -0.25) is 14.4 Å². The van der Waals surface area contributed by atoms with Gasteiger partial charge in [-0.1, -0.05) is 0 Å². The summed E-state index contributed by atoms with van der Waals surface area (Å²) in [6.07, 6.45) is 0.372. The number of rotatable bonds is 6. The smallest absolute Gasteiger partial charge is 0.305 e. The Morgan fingerprint density at radius 3 is 2.56 bits per heavy atom. The van der Waals surface area contributed by atoms with E-state index in [4.69, 9.17) is 9.47 Å². The highest BCUT2D eigenvalue weighted by molar-refractivity contribution is 8.00. The van der Waals surface area contributed by atoms with E-state index >= 15 is 0 Å². The van der Waals surface area contributed by atoms with Crippen LogP contribution < -0.4 is 9.47 Å². The standard InChI is InChI=1S/C18H22N2O6S/c1-25-14-5-11-3-4-20(16(21)8-19-10-27-9-17(19)22)13(7-18(23)24)12(11)6-15(14)26-2/h5-6,13H,3-4,7-10H2,1-2H3,(H,23,24). The van der Waals surface area contributed by atoms with Crippen LogP contribution in [-0.2, 0) is 20.8 Å².